The Kier molecular flexibility index (Phi) is 5.60. The van der Waals surface area contributed by atoms with Crippen molar-refractivity contribution < 1.29 is 23.0 Å². The summed E-state index contributed by atoms with van der Waals surface area (Å²) in [6.45, 7) is 0.308. The molecule has 1 aliphatic carbocycles. The van der Waals surface area contributed by atoms with Crippen LogP contribution in [0.25, 0.3) is 11.2 Å². The smallest absolute Gasteiger partial charge is 0.224 e. The molecule has 170 valence electrons. The van der Waals surface area contributed by atoms with Gasteiger partial charge in [0.05, 0.1) is 18.8 Å². The number of anilines is 3. The Bertz CT molecular complexity index is 1110. The maximum atomic E-state index is 14.3. The highest BCUT2D eigenvalue weighted by Gasteiger charge is 2.32. The molecule has 1 aliphatic heterocycles. The van der Waals surface area contributed by atoms with Gasteiger partial charge in [0.1, 0.15) is 17.0 Å². The number of rotatable bonds is 5. The van der Waals surface area contributed by atoms with E-state index >= 15 is 0 Å². The van der Waals surface area contributed by atoms with E-state index in [4.69, 9.17) is 4.74 Å². The summed E-state index contributed by atoms with van der Waals surface area (Å²) in [5, 5.41) is 16.3. The SMILES string of the molecule is OC1OCCC1n1c(Nc2c(F)cc(F)cc2F)nc2cnc(NC3CCCCC3)nc21. The summed E-state index contributed by atoms with van der Waals surface area (Å²) in [6, 6.07) is 0.861. The van der Waals surface area contributed by atoms with Crippen LogP contribution >= 0.6 is 0 Å². The van der Waals surface area contributed by atoms with Crippen LogP contribution in [0, 0.1) is 17.5 Å². The fraction of sp³-hybridized carbons (Fsp3) is 0.476. The zero-order valence-electron chi connectivity index (χ0n) is 17.2. The second kappa shape index (κ2) is 8.55. The molecule has 2 aromatic heterocycles. The van der Waals surface area contributed by atoms with E-state index in [0.717, 1.165) is 25.7 Å². The second-order valence-electron chi connectivity index (χ2n) is 8.17. The lowest BCUT2D eigenvalue weighted by atomic mass is 9.96. The summed E-state index contributed by atoms with van der Waals surface area (Å²) in [5.74, 6) is -2.76. The maximum absolute atomic E-state index is 14.3. The van der Waals surface area contributed by atoms with Gasteiger partial charge in [-0.15, -0.1) is 0 Å². The van der Waals surface area contributed by atoms with Gasteiger partial charge >= 0.3 is 0 Å². The van der Waals surface area contributed by atoms with Gasteiger partial charge in [0.25, 0.3) is 0 Å². The van der Waals surface area contributed by atoms with Gasteiger partial charge in [-0.2, -0.15) is 4.98 Å². The van der Waals surface area contributed by atoms with E-state index in [1.807, 2.05) is 0 Å². The Morgan fingerprint density at radius 1 is 1.03 bits per heavy atom. The van der Waals surface area contributed by atoms with Crippen LogP contribution in [0.1, 0.15) is 44.6 Å². The van der Waals surface area contributed by atoms with Crippen molar-refractivity contribution in [2.45, 2.75) is 56.9 Å². The Labute approximate surface area is 181 Å². The number of hydrogen-bond donors (Lipinski definition) is 3. The van der Waals surface area contributed by atoms with Crippen LogP contribution < -0.4 is 10.6 Å². The monoisotopic (exact) mass is 448 g/mol. The minimum Gasteiger partial charge on any atom is -0.366 e. The van der Waals surface area contributed by atoms with Crippen molar-refractivity contribution in [2.24, 2.45) is 0 Å². The van der Waals surface area contributed by atoms with Crippen LogP contribution in [-0.4, -0.2) is 43.6 Å². The van der Waals surface area contributed by atoms with Gasteiger partial charge in [-0.3, -0.25) is 4.57 Å². The van der Waals surface area contributed by atoms with Gasteiger partial charge in [0.2, 0.25) is 11.9 Å². The van der Waals surface area contributed by atoms with Crippen molar-refractivity contribution in [1.29, 1.82) is 0 Å². The third-order valence-corrected chi connectivity index (χ3v) is 5.98. The van der Waals surface area contributed by atoms with Crippen molar-refractivity contribution in [1.82, 2.24) is 19.5 Å². The molecular weight excluding hydrogens is 425 g/mol. The lowest BCUT2D eigenvalue weighted by Crippen LogP contribution is -2.24. The van der Waals surface area contributed by atoms with Crippen molar-refractivity contribution in [2.75, 3.05) is 17.2 Å². The first-order chi connectivity index (χ1) is 15.5. The summed E-state index contributed by atoms with van der Waals surface area (Å²) in [7, 11) is 0. The van der Waals surface area contributed by atoms with Crippen molar-refractivity contribution in [3.63, 3.8) is 0 Å². The largest absolute Gasteiger partial charge is 0.366 e. The van der Waals surface area contributed by atoms with Crippen LogP contribution in [0.4, 0.5) is 30.8 Å². The molecule has 3 heterocycles. The number of aliphatic hydroxyl groups is 1. The van der Waals surface area contributed by atoms with E-state index in [1.165, 1.54) is 12.6 Å². The van der Waals surface area contributed by atoms with Gasteiger partial charge in [0, 0.05) is 18.2 Å². The van der Waals surface area contributed by atoms with Gasteiger partial charge in [-0.05, 0) is 19.3 Å². The number of benzene rings is 1. The Hall–Kier alpha value is -2.92. The molecule has 32 heavy (non-hydrogen) atoms. The molecule has 2 aliphatic rings. The number of aliphatic hydroxyl groups excluding tert-OH is 1. The highest BCUT2D eigenvalue weighted by molar-refractivity contribution is 5.76. The molecule has 2 unspecified atom stereocenters. The molecule has 1 aromatic carbocycles. The summed E-state index contributed by atoms with van der Waals surface area (Å²) in [6.07, 6.45) is 6.41. The standard InChI is InChI=1S/C21H23F3N6O2/c22-11-8-13(23)17(14(24)9-11)28-21-27-15-10-25-20(26-12-4-2-1-3-5-12)29-18(15)30(21)16-6-7-32-19(16)31/h8-10,12,16,19,31H,1-7H2,(H,27,28)(H,25,26,29). The minimum absolute atomic E-state index is 0.0445. The summed E-state index contributed by atoms with van der Waals surface area (Å²) in [4.78, 5) is 13.3. The first-order valence-electron chi connectivity index (χ1n) is 10.7. The average Bonchev–Trinajstić information content (AvgIpc) is 3.33. The van der Waals surface area contributed by atoms with E-state index in [0.29, 0.717) is 42.3 Å². The Balaban J connectivity index is 1.56. The predicted molar refractivity (Wildman–Crippen MR) is 111 cm³/mol. The van der Waals surface area contributed by atoms with Gasteiger partial charge < -0.3 is 20.5 Å². The third kappa shape index (κ3) is 3.97. The number of fused-ring (bicyclic) bond motifs is 1. The number of ether oxygens (including phenoxy) is 1. The van der Waals surface area contributed by atoms with E-state index in [-0.39, 0.29) is 12.0 Å². The third-order valence-electron chi connectivity index (χ3n) is 5.98. The zero-order chi connectivity index (χ0) is 22.2. The molecule has 0 spiro atoms. The molecule has 1 saturated heterocycles. The van der Waals surface area contributed by atoms with Crippen LogP contribution in [0.2, 0.25) is 0 Å². The molecule has 1 saturated carbocycles. The van der Waals surface area contributed by atoms with Gasteiger partial charge in [-0.25, -0.2) is 23.1 Å². The molecule has 5 rings (SSSR count). The van der Waals surface area contributed by atoms with Gasteiger partial charge in [-0.1, -0.05) is 19.3 Å². The molecular formula is C21H23F3N6O2. The van der Waals surface area contributed by atoms with E-state index in [9.17, 15) is 18.3 Å². The van der Waals surface area contributed by atoms with Crippen LogP contribution in [0.5, 0.6) is 0 Å². The molecule has 2 atom stereocenters. The Morgan fingerprint density at radius 2 is 1.78 bits per heavy atom. The van der Waals surface area contributed by atoms with Crippen LogP contribution in [-0.2, 0) is 4.74 Å². The van der Waals surface area contributed by atoms with Crippen molar-refractivity contribution >= 4 is 28.7 Å². The molecule has 0 bridgehead atoms. The number of aromatic nitrogens is 4. The normalized spacial score (nSPS) is 21.9. The first kappa shape index (κ1) is 21.0. The molecule has 8 nitrogen and oxygen atoms in total. The Morgan fingerprint density at radius 3 is 2.47 bits per heavy atom. The number of imidazole rings is 1. The van der Waals surface area contributed by atoms with Gasteiger partial charge in [0.15, 0.2) is 23.6 Å². The number of nitrogens with zero attached hydrogens (tertiary/aromatic N) is 4. The average molecular weight is 448 g/mol. The lowest BCUT2D eigenvalue weighted by molar-refractivity contribution is -0.0776. The molecule has 11 heteroatoms. The van der Waals surface area contributed by atoms with Crippen molar-refractivity contribution in [3.8, 4) is 0 Å². The zero-order valence-corrected chi connectivity index (χ0v) is 17.2. The summed E-state index contributed by atoms with van der Waals surface area (Å²) >= 11 is 0. The lowest BCUT2D eigenvalue weighted by Gasteiger charge is -2.23. The molecule has 2 fully saturated rings. The van der Waals surface area contributed by atoms with E-state index in [2.05, 4.69) is 25.6 Å². The topological polar surface area (TPSA) is 97.1 Å². The fourth-order valence-electron chi connectivity index (χ4n) is 4.39. The van der Waals surface area contributed by atoms with Crippen LogP contribution in [0.15, 0.2) is 18.3 Å². The predicted octanol–water partition coefficient (Wildman–Crippen LogP) is 4.01. The fourth-order valence-corrected chi connectivity index (χ4v) is 4.39. The maximum Gasteiger partial charge on any atom is 0.224 e. The number of nitrogens with one attached hydrogen (secondary N) is 2. The van der Waals surface area contributed by atoms with Crippen LogP contribution in [0.3, 0.4) is 0 Å². The molecule has 3 aromatic rings. The highest BCUT2D eigenvalue weighted by Crippen LogP contribution is 2.34. The first-order valence-corrected chi connectivity index (χ1v) is 10.7. The van der Waals surface area contributed by atoms with E-state index in [1.54, 1.807) is 4.57 Å². The quantitative estimate of drug-likeness (QED) is 0.543. The molecule has 3 N–H and O–H groups in total. The minimum atomic E-state index is -1.14. The van der Waals surface area contributed by atoms with E-state index < -0.39 is 35.5 Å². The van der Waals surface area contributed by atoms with Crippen molar-refractivity contribution in [3.05, 3.63) is 35.8 Å². The second-order valence-corrected chi connectivity index (χ2v) is 8.17. The highest BCUT2D eigenvalue weighted by atomic mass is 19.1. The molecule has 0 amide bonds. The molecule has 0 radical (unpaired) electrons. The number of hydrogen-bond acceptors (Lipinski definition) is 7. The summed E-state index contributed by atoms with van der Waals surface area (Å²) < 4.78 is 48.7. The number of halogens is 3. The summed E-state index contributed by atoms with van der Waals surface area (Å²) in [5.41, 5.74) is 0.215.